The van der Waals surface area contributed by atoms with Crippen LogP contribution in [0, 0.1) is 0 Å². The molecular weight excluding hydrogens is 308 g/mol. The zero-order valence-electron chi connectivity index (χ0n) is 12.9. The molecule has 6 N–H and O–H groups in total. The number of nitrogens with two attached hydrogens (primary N) is 2. The van der Waals surface area contributed by atoms with Gasteiger partial charge in [0.2, 0.25) is 0 Å². The summed E-state index contributed by atoms with van der Waals surface area (Å²) in [6.07, 6.45) is 0.441. The first-order valence-corrected chi connectivity index (χ1v) is 7.26. The lowest BCUT2D eigenvalue weighted by molar-refractivity contribution is -0.136. The molecule has 0 unspecified atom stereocenters. The van der Waals surface area contributed by atoms with Crippen LogP contribution < -0.4 is 16.8 Å². The first-order chi connectivity index (χ1) is 11.4. The molecule has 0 radical (unpaired) electrons. The van der Waals surface area contributed by atoms with Crippen LogP contribution in [0.4, 0.5) is 11.4 Å². The second-order valence-electron chi connectivity index (χ2n) is 5.14. The summed E-state index contributed by atoms with van der Waals surface area (Å²) in [5, 5.41) is 11.5. The Morgan fingerprint density at radius 2 is 1.83 bits per heavy atom. The van der Waals surface area contributed by atoms with E-state index in [9.17, 15) is 9.59 Å². The highest BCUT2D eigenvalue weighted by atomic mass is 16.4. The van der Waals surface area contributed by atoms with E-state index >= 15 is 0 Å². The molecular formula is C17H18N4O3. The van der Waals surface area contributed by atoms with Crippen molar-refractivity contribution in [2.24, 2.45) is 16.5 Å². The van der Waals surface area contributed by atoms with E-state index in [1.54, 1.807) is 42.5 Å². The van der Waals surface area contributed by atoms with Crippen LogP contribution >= 0.6 is 0 Å². The van der Waals surface area contributed by atoms with E-state index < -0.39 is 5.97 Å². The number of benzene rings is 2. The Balaban J connectivity index is 2.11. The molecule has 0 saturated carbocycles. The maximum absolute atomic E-state index is 12.3. The molecule has 0 heterocycles. The van der Waals surface area contributed by atoms with Crippen molar-refractivity contribution in [1.29, 1.82) is 0 Å². The topological polar surface area (TPSA) is 131 Å². The van der Waals surface area contributed by atoms with Gasteiger partial charge in [-0.25, -0.2) is 4.99 Å². The van der Waals surface area contributed by atoms with Crippen molar-refractivity contribution in [3.63, 3.8) is 0 Å². The summed E-state index contributed by atoms with van der Waals surface area (Å²) in [7, 11) is 0. The van der Waals surface area contributed by atoms with Crippen molar-refractivity contribution in [1.82, 2.24) is 0 Å². The van der Waals surface area contributed by atoms with Gasteiger partial charge in [-0.15, -0.1) is 0 Å². The van der Waals surface area contributed by atoms with Crippen molar-refractivity contribution in [3.05, 3.63) is 59.7 Å². The number of carboxylic acids is 1. The summed E-state index contributed by atoms with van der Waals surface area (Å²) < 4.78 is 0. The zero-order valence-corrected chi connectivity index (χ0v) is 12.9. The van der Waals surface area contributed by atoms with Gasteiger partial charge in [0.1, 0.15) is 0 Å². The number of guanidine groups is 1. The normalized spacial score (nSPS) is 10.0. The number of carbonyl (C=O) groups excluding carboxylic acids is 1. The molecule has 124 valence electrons. The van der Waals surface area contributed by atoms with Crippen LogP contribution in [-0.4, -0.2) is 22.9 Å². The minimum Gasteiger partial charge on any atom is -0.481 e. The molecule has 0 fully saturated rings. The minimum absolute atomic E-state index is 0.0396. The van der Waals surface area contributed by atoms with Crippen molar-refractivity contribution < 1.29 is 14.7 Å². The van der Waals surface area contributed by atoms with E-state index in [1.807, 2.05) is 6.07 Å². The summed E-state index contributed by atoms with van der Waals surface area (Å²) in [5.74, 6) is -1.25. The Morgan fingerprint density at radius 1 is 1.08 bits per heavy atom. The fraction of sp³-hybridized carbons (Fsp3) is 0.118. The SMILES string of the molecule is NC(N)=Nc1cccc(C(=O)Nc2cccc(CCC(=O)O)c2)c1. The number of anilines is 1. The molecule has 0 atom stereocenters. The molecule has 0 aliphatic heterocycles. The van der Waals surface area contributed by atoms with Gasteiger partial charge in [0.25, 0.3) is 5.91 Å². The van der Waals surface area contributed by atoms with Crippen LogP contribution in [0.25, 0.3) is 0 Å². The fourth-order valence-corrected chi connectivity index (χ4v) is 2.12. The number of hydrogen-bond acceptors (Lipinski definition) is 3. The van der Waals surface area contributed by atoms with Crippen molar-refractivity contribution in [2.45, 2.75) is 12.8 Å². The first kappa shape index (κ1) is 17.0. The Kier molecular flexibility index (Phi) is 5.51. The third-order valence-electron chi connectivity index (χ3n) is 3.18. The molecule has 7 nitrogen and oxygen atoms in total. The number of nitrogens with zero attached hydrogens (tertiary/aromatic N) is 1. The molecule has 0 bridgehead atoms. The molecule has 1 amide bonds. The maximum atomic E-state index is 12.3. The first-order valence-electron chi connectivity index (χ1n) is 7.26. The van der Waals surface area contributed by atoms with Gasteiger partial charge in [-0.2, -0.15) is 0 Å². The number of nitrogens with one attached hydrogen (secondary N) is 1. The van der Waals surface area contributed by atoms with Crippen molar-refractivity contribution in [2.75, 3.05) is 5.32 Å². The molecule has 7 heteroatoms. The summed E-state index contributed by atoms with van der Waals surface area (Å²) >= 11 is 0. The minimum atomic E-state index is -0.860. The fourth-order valence-electron chi connectivity index (χ4n) is 2.12. The lowest BCUT2D eigenvalue weighted by Crippen LogP contribution is -2.21. The summed E-state index contributed by atoms with van der Waals surface area (Å²) in [6, 6.07) is 13.7. The van der Waals surface area contributed by atoms with E-state index in [0.29, 0.717) is 23.4 Å². The number of carboxylic acid groups (broad SMARTS) is 1. The highest BCUT2D eigenvalue weighted by Gasteiger charge is 2.08. The average molecular weight is 326 g/mol. The summed E-state index contributed by atoms with van der Waals surface area (Å²) in [5.41, 5.74) is 13.0. The smallest absolute Gasteiger partial charge is 0.303 e. The average Bonchev–Trinajstić information content (AvgIpc) is 2.53. The summed E-state index contributed by atoms with van der Waals surface area (Å²) in [4.78, 5) is 26.8. The van der Waals surface area contributed by atoms with Crippen molar-refractivity contribution in [3.8, 4) is 0 Å². The van der Waals surface area contributed by atoms with Gasteiger partial charge in [0.15, 0.2) is 5.96 Å². The molecule has 24 heavy (non-hydrogen) atoms. The predicted octanol–water partition coefficient (Wildman–Crippen LogP) is 1.86. The maximum Gasteiger partial charge on any atom is 0.303 e. The molecule has 2 aromatic carbocycles. The summed E-state index contributed by atoms with van der Waals surface area (Å²) in [6.45, 7) is 0. The number of carbonyl (C=O) groups is 2. The number of aliphatic carboxylic acids is 1. The quantitative estimate of drug-likeness (QED) is 0.475. The second kappa shape index (κ2) is 7.77. The molecule has 2 aromatic rings. The molecule has 0 spiro atoms. The van der Waals surface area contributed by atoms with Crippen LogP contribution in [0.5, 0.6) is 0 Å². The number of aryl methyl sites for hydroxylation is 1. The van der Waals surface area contributed by atoms with E-state index in [0.717, 1.165) is 5.56 Å². The Bertz CT molecular complexity index is 783. The number of rotatable bonds is 6. The highest BCUT2D eigenvalue weighted by Crippen LogP contribution is 2.17. The van der Waals surface area contributed by atoms with Gasteiger partial charge in [-0.05, 0) is 42.3 Å². The van der Waals surface area contributed by atoms with Gasteiger partial charge in [-0.1, -0.05) is 18.2 Å². The number of aliphatic imine (C=N–C) groups is 1. The molecule has 0 aliphatic carbocycles. The third kappa shape index (κ3) is 5.13. The predicted molar refractivity (Wildman–Crippen MR) is 92.3 cm³/mol. The van der Waals surface area contributed by atoms with E-state index in [1.165, 1.54) is 0 Å². The largest absolute Gasteiger partial charge is 0.481 e. The zero-order chi connectivity index (χ0) is 17.5. The molecule has 2 rings (SSSR count). The highest BCUT2D eigenvalue weighted by molar-refractivity contribution is 6.04. The number of amides is 1. The standard InChI is InChI=1S/C17H18N4O3/c18-17(19)21-14-6-2-4-12(10-14)16(24)20-13-5-1-3-11(9-13)7-8-15(22)23/h1-6,9-10H,7-8H2,(H,20,24)(H,22,23)(H4,18,19,21). The van der Waals surface area contributed by atoms with Crippen LogP contribution in [-0.2, 0) is 11.2 Å². The van der Waals surface area contributed by atoms with Gasteiger partial charge >= 0.3 is 5.97 Å². The lowest BCUT2D eigenvalue weighted by Gasteiger charge is -2.08. The van der Waals surface area contributed by atoms with E-state index in [-0.39, 0.29) is 18.3 Å². The van der Waals surface area contributed by atoms with E-state index in [4.69, 9.17) is 16.6 Å². The Labute approximate surface area is 139 Å². The van der Waals surface area contributed by atoms with Crippen LogP contribution in [0.3, 0.4) is 0 Å². The lowest BCUT2D eigenvalue weighted by atomic mass is 10.1. The van der Waals surface area contributed by atoms with Gasteiger partial charge in [0.05, 0.1) is 5.69 Å². The van der Waals surface area contributed by atoms with Crippen LogP contribution in [0.1, 0.15) is 22.3 Å². The number of hydrogen-bond donors (Lipinski definition) is 4. The third-order valence-corrected chi connectivity index (χ3v) is 3.18. The van der Waals surface area contributed by atoms with Gasteiger partial charge in [0, 0.05) is 17.7 Å². The molecule has 0 aliphatic rings. The van der Waals surface area contributed by atoms with Crippen LogP contribution in [0.2, 0.25) is 0 Å². The van der Waals surface area contributed by atoms with Crippen molar-refractivity contribution >= 4 is 29.2 Å². The van der Waals surface area contributed by atoms with Gasteiger partial charge in [-0.3, -0.25) is 9.59 Å². The molecule has 0 aromatic heterocycles. The Hall–Kier alpha value is -3.35. The van der Waals surface area contributed by atoms with Gasteiger partial charge < -0.3 is 21.9 Å². The van der Waals surface area contributed by atoms with Crippen LogP contribution in [0.15, 0.2) is 53.5 Å². The Morgan fingerprint density at radius 3 is 2.54 bits per heavy atom. The second-order valence-corrected chi connectivity index (χ2v) is 5.14. The monoisotopic (exact) mass is 326 g/mol. The molecule has 0 saturated heterocycles. The van der Waals surface area contributed by atoms with E-state index in [2.05, 4.69) is 10.3 Å².